The van der Waals surface area contributed by atoms with E-state index in [1.165, 1.54) is 23.4 Å². The standard InChI is InChI=1S/C21H28N4O2S/c1-2-6-18-13-19(26)24-21(23-18)28-15-20(27)22-17-9-11-25(12-10-17)14-16-7-4-3-5-8-16/h3-5,7-8,13,17H,2,6,9-12,14-15H2,1H3,(H,22,27)(H,23,24,26). The molecule has 1 saturated heterocycles. The molecule has 1 fully saturated rings. The van der Waals surface area contributed by atoms with Gasteiger partial charge in [-0.05, 0) is 24.8 Å². The SMILES string of the molecule is CCCc1cc(=O)[nH]c(SCC(=O)NC2CCN(Cc3ccccc3)CC2)n1. The minimum atomic E-state index is -0.160. The number of likely N-dealkylation sites (tertiary alicyclic amines) is 1. The molecule has 3 rings (SSSR count). The Hall–Kier alpha value is -2.12. The Bertz CT molecular complexity index is 817. The van der Waals surface area contributed by atoms with Crippen molar-refractivity contribution in [2.45, 2.75) is 50.4 Å². The zero-order chi connectivity index (χ0) is 19.8. The lowest BCUT2D eigenvalue weighted by Gasteiger charge is -2.32. The first kappa shape index (κ1) is 20.6. The lowest BCUT2D eigenvalue weighted by atomic mass is 10.0. The summed E-state index contributed by atoms with van der Waals surface area (Å²) in [7, 11) is 0. The topological polar surface area (TPSA) is 78.1 Å². The van der Waals surface area contributed by atoms with E-state index in [2.05, 4.69) is 44.5 Å². The van der Waals surface area contributed by atoms with Crippen molar-refractivity contribution in [1.29, 1.82) is 0 Å². The second kappa shape index (κ2) is 10.4. The lowest BCUT2D eigenvalue weighted by molar-refractivity contribution is -0.119. The fourth-order valence-corrected chi connectivity index (χ4v) is 4.12. The van der Waals surface area contributed by atoms with Crippen molar-refractivity contribution in [2.24, 2.45) is 0 Å². The average Bonchev–Trinajstić information content (AvgIpc) is 2.69. The molecular formula is C21H28N4O2S. The maximum absolute atomic E-state index is 12.3. The molecule has 1 aromatic heterocycles. The minimum absolute atomic E-state index is 0.00458. The molecule has 150 valence electrons. The number of hydrogen-bond donors (Lipinski definition) is 2. The quantitative estimate of drug-likeness (QED) is 0.526. The number of aromatic amines is 1. The van der Waals surface area contributed by atoms with E-state index in [0.29, 0.717) is 5.16 Å². The first-order valence-electron chi connectivity index (χ1n) is 9.91. The van der Waals surface area contributed by atoms with Crippen molar-refractivity contribution in [1.82, 2.24) is 20.2 Å². The van der Waals surface area contributed by atoms with Crippen LogP contribution in [0, 0.1) is 0 Å². The van der Waals surface area contributed by atoms with E-state index in [1.54, 1.807) is 0 Å². The van der Waals surface area contributed by atoms with Gasteiger partial charge >= 0.3 is 0 Å². The van der Waals surface area contributed by atoms with Crippen molar-refractivity contribution < 1.29 is 4.79 Å². The summed E-state index contributed by atoms with van der Waals surface area (Å²) < 4.78 is 0. The lowest BCUT2D eigenvalue weighted by Crippen LogP contribution is -2.44. The molecule has 6 nitrogen and oxygen atoms in total. The van der Waals surface area contributed by atoms with E-state index in [9.17, 15) is 9.59 Å². The van der Waals surface area contributed by atoms with Crippen LogP contribution in [-0.4, -0.2) is 45.7 Å². The number of rotatable bonds is 8. The Morgan fingerprint density at radius 1 is 1.29 bits per heavy atom. The van der Waals surface area contributed by atoms with Gasteiger partial charge in [0.25, 0.3) is 5.56 Å². The number of piperidine rings is 1. The van der Waals surface area contributed by atoms with Gasteiger partial charge in [-0.2, -0.15) is 0 Å². The predicted molar refractivity (Wildman–Crippen MR) is 112 cm³/mol. The molecule has 0 bridgehead atoms. The largest absolute Gasteiger partial charge is 0.353 e. The maximum Gasteiger partial charge on any atom is 0.251 e. The van der Waals surface area contributed by atoms with Crippen LogP contribution in [-0.2, 0) is 17.8 Å². The molecule has 0 saturated carbocycles. The van der Waals surface area contributed by atoms with Gasteiger partial charge in [-0.3, -0.25) is 14.5 Å². The zero-order valence-corrected chi connectivity index (χ0v) is 17.1. The highest BCUT2D eigenvalue weighted by Gasteiger charge is 2.20. The molecule has 0 radical (unpaired) electrons. The van der Waals surface area contributed by atoms with Crippen molar-refractivity contribution in [3.05, 3.63) is 58.0 Å². The molecular weight excluding hydrogens is 372 g/mol. The molecule has 2 heterocycles. The number of benzene rings is 1. The number of nitrogens with one attached hydrogen (secondary N) is 2. The highest BCUT2D eigenvalue weighted by atomic mass is 32.2. The third-order valence-electron chi connectivity index (χ3n) is 4.82. The number of nitrogens with zero attached hydrogens (tertiary/aromatic N) is 2. The number of H-pyrrole nitrogens is 1. The molecule has 0 unspecified atom stereocenters. The third-order valence-corrected chi connectivity index (χ3v) is 5.69. The van der Waals surface area contributed by atoms with E-state index < -0.39 is 0 Å². The van der Waals surface area contributed by atoms with E-state index >= 15 is 0 Å². The molecule has 1 aliphatic heterocycles. The van der Waals surface area contributed by atoms with Gasteiger partial charge in [0.2, 0.25) is 5.91 Å². The molecule has 7 heteroatoms. The maximum atomic E-state index is 12.3. The summed E-state index contributed by atoms with van der Waals surface area (Å²) >= 11 is 1.28. The van der Waals surface area contributed by atoms with Crippen molar-refractivity contribution in [2.75, 3.05) is 18.8 Å². The van der Waals surface area contributed by atoms with E-state index in [4.69, 9.17) is 0 Å². The average molecular weight is 401 g/mol. The fraction of sp³-hybridized carbons (Fsp3) is 0.476. The Labute approximate surface area is 170 Å². The number of amides is 1. The van der Waals surface area contributed by atoms with Crippen LogP contribution in [0.2, 0.25) is 0 Å². The number of carbonyl (C=O) groups is 1. The summed E-state index contributed by atoms with van der Waals surface area (Å²) in [6.07, 6.45) is 3.63. The first-order chi connectivity index (χ1) is 13.6. The van der Waals surface area contributed by atoms with Crippen LogP contribution >= 0.6 is 11.8 Å². The fourth-order valence-electron chi connectivity index (χ4n) is 3.42. The number of aryl methyl sites for hydroxylation is 1. The van der Waals surface area contributed by atoms with Gasteiger partial charge in [-0.15, -0.1) is 0 Å². The molecule has 1 aliphatic rings. The van der Waals surface area contributed by atoms with Crippen molar-refractivity contribution >= 4 is 17.7 Å². The molecule has 0 spiro atoms. The zero-order valence-electron chi connectivity index (χ0n) is 16.3. The van der Waals surface area contributed by atoms with Gasteiger partial charge in [-0.1, -0.05) is 55.4 Å². The van der Waals surface area contributed by atoms with E-state index in [1.807, 2.05) is 13.0 Å². The highest BCUT2D eigenvalue weighted by Crippen LogP contribution is 2.15. The van der Waals surface area contributed by atoms with Gasteiger partial charge < -0.3 is 10.3 Å². The van der Waals surface area contributed by atoms with Gasteiger partial charge in [0, 0.05) is 37.4 Å². The molecule has 2 aromatic rings. The summed E-state index contributed by atoms with van der Waals surface area (Å²) in [5.74, 6) is 0.262. The van der Waals surface area contributed by atoms with Crippen molar-refractivity contribution in [3.8, 4) is 0 Å². The molecule has 2 N–H and O–H groups in total. The molecule has 1 amide bonds. The summed E-state index contributed by atoms with van der Waals surface area (Å²) in [4.78, 5) is 33.5. The Kier molecular flexibility index (Phi) is 7.68. The van der Waals surface area contributed by atoms with Crippen LogP contribution in [0.1, 0.15) is 37.4 Å². The number of hydrogen-bond acceptors (Lipinski definition) is 5. The van der Waals surface area contributed by atoms with E-state index in [-0.39, 0.29) is 23.3 Å². The summed E-state index contributed by atoms with van der Waals surface area (Å²) in [5, 5.41) is 3.64. The monoisotopic (exact) mass is 400 g/mol. The van der Waals surface area contributed by atoms with Crippen LogP contribution < -0.4 is 10.9 Å². The molecule has 28 heavy (non-hydrogen) atoms. The molecule has 1 aromatic carbocycles. The van der Waals surface area contributed by atoms with Gasteiger partial charge in [-0.25, -0.2) is 4.98 Å². The molecule has 0 aliphatic carbocycles. The smallest absolute Gasteiger partial charge is 0.251 e. The van der Waals surface area contributed by atoms with Crippen molar-refractivity contribution in [3.63, 3.8) is 0 Å². The van der Waals surface area contributed by atoms with Crippen LogP contribution in [0.25, 0.3) is 0 Å². The number of carbonyl (C=O) groups excluding carboxylic acids is 1. The van der Waals surface area contributed by atoms with Crippen LogP contribution in [0.15, 0.2) is 46.3 Å². The second-order valence-corrected chi connectivity index (χ2v) is 8.15. The number of thioether (sulfide) groups is 1. The summed E-state index contributed by atoms with van der Waals surface area (Å²) in [6, 6.07) is 12.2. The van der Waals surface area contributed by atoms with Crippen LogP contribution in [0.3, 0.4) is 0 Å². The molecule has 0 atom stereocenters. The predicted octanol–water partition coefficient (Wildman–Crippen LogP) is 2.60. The highest BCUT2D eigenvalue weighted by molar-refractivity contribution is 7.99. The van der Waals surface area contributed by atoms with Crippen LogP contribution in [0.5, 0.6) is 0 Å². The Morgan fingerprint density at radius 3 is 2.75 bits per heavy atom. The number of aromatic nitrogens is 2. The first-order valence-corrected chi connectivity index (χ1v) is 10.9. The van der Waals surface area contributed by atoms with Gasteiger partial charge in [0.15, 0.2) is 5.16 Å². The Balaban J connectivity index is 1.40. The second-order valence-electron chi connectivity index (χ2n) is 7.18. The normalized spacial score (nSPS) is 15.5. The Morgan fingerprint density at radius 2 is 2.04 bits per heavy atom. The van der Waals surface area contributed by atoms with Gasteiger partial charge in [0.1, 0.15) is 0 Å². The van der Waals surface area contributed by atoms with Gasteiger partial charge in [0.05, 0.1) is 5.75 Å². The van der Waals surface area contributed by atoms with Crippen LogP contribution in [0.4, 0.5) is 0 Å². The summed E-state index contributed by atoms with van der Waals surface area (Å²) in [5.41, 5.74) is 1.94. The minimum Gasteiger partial charge on any atom is -0.353 e. The third kappa shape index (κ3) is 6.49. The van der Waals surface area contributed by atoms with E-state index in [0.717, 1.165) is 51.0 Å². The summed E-state index contributed by atoms with van der Waals surface area (Å²) in [6.45, 7) is 4.99.